The number of aromatic nitrogens is 1. The van der Waals surface area contributed by atoms with Crippen LogP contribution in [0.3, 0.4) is 0 Å². The number of anilines is 2. The summed E-state index contributed by atoms with van der Waals surface area (Å²) in [4.78, 5) is 17.4. The highest BCUT2D eigenvalue weighted by Crippen LogP contribution is 2.21. The minimum absolute atomic E-state index is 0.0737. The zero-order valence-electron chi connectivity index (χ0n) is 12.1. The maximum Gasteiger partial charge on any atom is 0.274 e. The van der Waals surface area contributed by atoms with Gasteiger partial charge in [0.05, 0.1) is 0 Å². The molecule has 0 radical (unpaired) electrons. The van der Waals surface area contributed by atoms with Crippen molar-refractivity contribution in [3.05, 3.63) is 59.8 Å². The molecule has 21 heavy (non-hydrogen) atoms. The van der Waals surface area contributed by atoms with Crippen molar-refractivity contribution in [2.45, 2.75) is 6.92 Å². The Labute approximate surface area is 123 Å². The van der Waals surface area contributed by atoms with Crippen molar-refractivity contribution in [3.8, 4) is 0 Å². The monoisotopic (exact) mass is 279 g/mol. The van der Waals surface area contributed by atoms with E-state index in [1.54, 1.807) is 11.9 Å². The molecule has 0 bridgehead atoms. The molecule has 0 unspecified atom stereocenters. The first kappa shape index (κ1) is 13.2. The summed E-state index contributed by atoms with van der Waals surface area (Å²) in [6.45, 7) is 2.01. The summed E-state index contributed by atoms with van der Waals surface area (Å²) in [6.07, 6.45) is 0. The van der Waals surface area contributed by atoms with Crippen molar-refractivity contribution >= 4 is 28.2 Å². The van der Waals surface area contributed by atoms with Crippen LogP contribution in [-0.4, -0.2) is 17.9 Å². The second kappa shape index (κ2) is 4.98. The predicted octanol–water partition coefficient (Wildman–Crippen LogP) is 3.34. The number of rotatable bonds is 2. The Kier molecular flexibility index (Phi) is 3.14. The van der Waals surface area contributed by atoms with Crippen molar-refractivity contribution in [2.75, 3.05) is 17.7 Å². The van der Waals surface area contributed by atoms with Gasteiger partial charge in [0.1, 0.15) is 5.69 Å². The highest BCUT2D eigenvalue weighted by atomic mass is 16.2. The van der Waals surface area contributed by atoms with Gasteiger partial charge < -0.3 is 15.6 Å². The largest absolute Gasteiger partial charge is 0.399 e. The fraction of sp³-hybridized carbons (Fsp3) is 0.118. The van der Waals surface area contributed by atoms with Crippen LogP contribution in [0.1, 0.15) is 16.1 Å². The van der Waals surface area contributed by atoms with Gasteiger partial charge in [-0.15, -0.1) is 0 Å². The second-order valence-corrected chi connectivity index (χ2v) is 5.23. The number of nitrogens with two attached hydrogens (primary N) is 1. The summed E-state index contributed by atoms with van der Waals surface area (Å²) in [7, 11) is 1.77. The molecule has 1 amide bonds. The van der Waals surface area contributed by atoms with Crippen LogP contribution in [0.2, 0.25) is 0 Å². The Morgan fingerprint density at radius 1 is 1.14 bits per heavy atom. The van der Waals surface area contributed by atoms with E-state index < -0.39 is 0 Å². The van der Waals surface area contributed by atoms with Crippen LogP contribution in [0.25, 0.3) is 10.9 Å². The topological polar surface area (TPSA) is 62.1 Å². The van der Waals surface area contributed by atoms with E-state index >= 15 is 0 Å². The molecule has 4 nitrogen and oxygen atoms in total. The first-order valence-corrected chi connectivity index (χ1v) is 6.77. The highest BCUT2D eigenvalue weighted by molar-refractivity contribution is 6.07. The number of nitrogens with zero attached hydrogens (tertiary/aromatic N) is 1. The average Bonchev–Trinajstić information content (AvgIpc) is 2.88. The minimum atomic E-state index is -0.0737. The molecule has 0 aliphatic heterocycles. The van der Waals surface area contributed by atoms with Gasteiger partial charge in [0.25, 0.3) is 5.91 Å². The molecule has 4 heteroatoms. The van der Waals surface area contributed by atoms with Crippen molar-refractivity contribution in [3.63, 3.8) is 0 Å². The minimum Gasteiger partial charge on any atom is -0.399 e. The molecule has 106 valence electrons. The lowest BCUT2D eigenvalue weighted by Crippen LogP contribution is -2.26. The fourth-order valence-electron chi connectivity index (χ4n) is 2.40. The summed E-state index contributed by atoms with van der Waals surface area (Å²) < 4.78 is 0. The van der Waals surface area contributed by atoms with Crippen molar-refractivity contribution in [2.24, 2.45) is 0 Å². The quantitative estimate of drug-likeness (QED) is 0.707. The number of aryl methyl sites for hydroxylation is 1. The van der Waals surface area contributed by atoms with Crippen LogP contribution in [-0.2, 0) is 0 Å². The summed E-state index contributed by atoms with van der Waals surface area (Å²) in [5.74, 6) is -0.0737. The molecule has 0 saturated carbocycles. The molecule has 3 N–H and O–H groups in total. The zero-order valence-corrected chi connectivity index (χ0v) is 12.1. The number of carbonyl (C=O) groups excluding carboxylic acids is 1. The van der Waals surface area contributed by atoms with E-state index in [0.29, 0.717) is 11.4 Å². The Hall–Kier alpha value is -2.75. The third kappa shape index (κ3) is 2.48. The predicted molar refractivity (Wildman–Crippen MR) is 86.6 cm³/mol. The standard InChI is InChI=1S/C17H17N3O/c1-11-4-3-5-14(8-11)20(2)17(21)16-10-12-9-13(18)6-7-15(12)19-16/h3-10,19H,18H2,1-2H3. The van der Waals surface area contributed by atoms with Crippen LogP contribution < -0.4 is 10.6 Å². The number of carbonyl (C=O) groups is 1. The smallest absolute Gasteiger partial charge is 0.274 e. The lowest BCUT2D eigenvalue weighted by Gasteiger charge is -2.16. The van der Waals surface area contributed by atoms with E-state index in [-0.39, 0.29) is 5.91 Å². The SMILES string of the molecule is Cc1cccc(N(C)C(=O)c2cc3cc(N)ccc3[nH]2)c1. The molecule has 2 aromatic carbocycles. The molecule has 1 aromatic heterocycles. The maximum absolute atomic E-state index is 12.6. The number of H-pyrrole nitrogens is 1. The third-order valence-corrected chi connectivity index (χ3v) is 3.57. The number of hydrogen-bond acceptors (Lipinski definition) is 2. The molecule has 0 spiro atoms. The molecule has 0 aliphatic carbocycles. The number of benzene rings is 2. The molecule has 0 atom stereocenters. The van der Waals surface area contributed by atoms with Gasteiger partial charge in [-0.1, -0.05) is 12.1 Å². The highest BCUT2D eigenvalue weighted by Gasteiger charge is 2.16. The Bertz CT molecular complexity index is 820. The fourth-order valence-corrected chi connectivity index (χ4v) is 2.40. The van der Waals surface area contributed by atoms with E-state index in [0.717, 1.165) is 22.2 Å². The van der Waals surface area contributed by atoms with E-state index in [4.69, 9.17) is 5.73 Å². The number of nitrogen functional groups attached to an aromatic ring is 1. The van der Waals surface area contributed by atoms with Gasteiger partial charge in [0, 0.05) is 29.3 Å². The molecule has 1 heterocycles. The van der Waals surface area contributed by atoms with E-state index in [2.05, 4.69) is 4.98 Å². The first-order chi connectivity index (χ1) is 10.0. The summed E-state index contributed by atoms with van der Waals surface area (Å²) >= 11 is 0. The molecule has 0 aliphatic rings. The maximum atomic E-state index is 12.6. The number of amides is 1. The van der Waals surface area contributed by atoms with E-state index in [1.165, 1.54) is 0 Å². The van der Waals surface area contributed by atoms with E-state index in [1.807, 2.05) is 55.5 Å². The lowest BCUT2D eigenvalue weighted by atomic mass is 10.2. The molecule has 3 aromatic rings. The number of nitrogens with one attached hydrogen (secondary N) is 1. The van der Waals surface area contributed by atoms with Gasteiger partial charge >= 0.3 is 0 Å². The van der Waals surface area contributed by atoms with Crippen molar-refractivity contribution in [1.82, 2.24) is 4.98 Å². The summed E-state index contributed by atoms with van der Waals surface area (Å²) in [5.41, 5.74) is 9.91. The Morgan fingerprint density at radius 3 is 2.71 bits per heavy atom. The Morgan fingerprint density at radius 2 is 1.95 bits per heavy atom. The van der Waals surface area contributed by atoms with Gasteiger partial charge in [-0.05, 0) is 48.9 Å². The second-order valence-electron chi connectivity index (χ2n) is 5.23. The van der Waals surface area contributed by atoms with Gasteiger partial charge in [-0.2, -0.15) is 0 Å². The summed E-state index contributed by atoms with van der Waals surface area (Å²) in [6, 6.07) is 15.2. The van der Waals surface area contributed by atoms with Crippen LogP contribution in [0, 0.1) is 6.92 Å². The van der Waals surface area contributed by atoms with Gasteiger partial charge in [-0.3, -0.25) is 4.79 Å². The van der Waals surface area contributed by atoms with Crippen LogP contribution in [0.5, 0.6) is 0 Å². The van der Waals surface area contributed by atoms with Crippen LogP contribution in [0.15, 0.2) is 48.5 Å². The lowest BCUT2D eigenvalue weighted by molar-refractivity contribution is 0.0989. The van der Waals surface area contributed by atoms with E-state index in [9.17, 15) is 4.79 Å². The van der Waals surface area contributed by atoms with Crippen molar-refractivity contribution in [1.29, 1.82) is 0 Å². The summed E-state index contributed by atoms with van der Waals surface area (Å²) in [5, 5.41) is 0.941. The molecular weight excluding hydrogens is 262 g/mol. The third-order valence-electron chi connectivity index (χ3n) is 3.57. The zero-order chi connectivity index (χ0) is 15.0. The van der Waals surface area contributed by atoms with Crippen LogP contribution >= 0.6 is 0 Å². The van der Waals surface area contributed by atoms with Gasteiger partial charge in [0.15, 0.2) is 0 Å². The van der Waals surface area contributed by atoms with Gasteiger partial charge in [-0.25, -0.2) is 0 Å². The molecule has 0 fully saturated rings. The van der Waals surface area contributed by atoms with Gasteiger partial charge in [0.2, 0.25) is 0 Å². The Balaban J connectivity index is 1.96. The normalized spacial score (nSPS) is 10.8. The molecule has 3 rings (SSSR count). The average molecular weight is 279 g/mol. The molecule has 0 saturated heterocycles. The molecular formula is C17H17N3O. The number of aromatic amines is 1. The van der Waals surface area contributed by atoms with Crippen molar-refractivity contribution < 1.29 is 4.79 Å². The number of fused-ring (bicyclic) bond motifs is 1. The van der Waals surface area contributed by atoms with Crippen LogP contribution in [0.4, 0.5) is 11.4 Å². The number of hydrogen-bond donors (Lipinski definition) is 2. The first-order valence-electron chi connectivity index (χ1n) is 6.77.